The molecule has 1 heterocycles. The number of hydrogen-bond donors (Lipinski definition) is 1. The fourth-order valence-electron chi connectivity index (χ4n) is 3.07. The molecule has 0 spiro atoms. The first-order chi connectivity index (χ1) is 12.5. The molecule has 5 nitrogen and oxygen atoms in total. The maximum Gasteiger partial charge on any atom is 0.486 e. The van der Waals surface area contributed by atoms with E-state index in [9.17, 15) is 21.6 Å². The van der Waals surface area contributed by atoms with Crippen LogP contribution in [0.15, 0.2) is 48.5 Å². The Morgan fingerprint density at radius 3 is 2.30 bits per heavy atom. The third-order valence-electron chi connectivity index (χ3n) is 4.50. The molecule has 0 radical (unpaired) electrons. The van der Waals surface area contributed by atoms with Crippen molar-refractivity contribution in [1.82, 2.24) is 0 Å². The lowest BCUT2D eigenvalue weighted by Crippen LogP contribution is -2.41. The van der Waals surface area contributed by atoms with E-state index in [4.69, 9.17) is 16.7 Å². The Labute approximate surface area is 160 Å². The van der Waals surface area contributed by atoms with E-state index in [-0.39, 0.29) is 21.8 Å². The van der Waals surface area contributed by atoms with Crippen LogP contribution in [0.5, 0.6) is 0 Å². The largest absolute Gasteiger partial charge is 0.486 e. The summed E-state index contributed by atoms with van der Waals surface area (Å²) in [6.45, 7) is 0.702. The van der Waals surface area contributed by atoms with E-state index in [0.717, 1.165) is 0 Å². The van der Waals surface area contributed by atoms with E-state index >= 15 is 0 Å². The number of fused-ring (bicyclic) bond motifs is 1. The fourth-order valence-corrected chi connectivity index (χ4v) is 3.93. The van der Waals surface area contributed by atoms with E-state index < -0.39 is 33.7 Å². The molecule has 1 aliphatic heterocycles. The topological polar surface area (TPSA) is 66.6 Å². The Hall–Kier alpha value is -1.97. The summed E-state index contributed by atoms with van der Waals surface area (Å²) in [5, 5.41) is 3.87. The Bertz CT molecular complexity index is 938. The van der Waals surface area contributed by atoms with Crippen molar-refractivity contribution in [2.45, 2.75) is 24.0 Å². The molecule has 27 heavy (non-hydrogen) atoms. The van der Waals surface area contributed by atoms with Gasteiger partial charge in [0.1, 0.15) is 12.2 Å². The molecule has 1 aliphatic rings. The molecule has 3 rings (SSSR count). The standard InChI is InChI=1S/C17H17ClF3N3O2S/c1-11(27(22,25)26)13-8-5-9-14-15(13)24(17(19,20)21)10-23(14)16(18)12-6-3-2-4-7-12/h2-9,11,16H,10H2,1H3,(H2,22,25,26). The number of nitrogens with zero attached hydrogens (tertiary/aromatic N) is 2. The van der Waals surface area contributed by atoms with E-state index in [1.165, 1.54) is 30.0 Å². The SMILES string of the molecule is CC(c1cccc2c1N(C(F)(F)F)CN2C(Cl)c1ccccc1)S(N)(=O)=O. The number of primary sulfonamides is 1. The number of para-hydroxylation sites is 1. The van der Waals surface area contributed by atoms with Crippen LogP contribution in [0.4, 0.5) is 24.5 Å². The maximum absolute atomic E-state index is 13.7. The molecule has 2 unspecified atom stereocenters. The van der Waals surface area contributed by atoms with Gasteiger partial charge in [-0.1, -0.05) is 54.1 Å². The van der Waals surface area contributed by atoms with Crippen LogP contribution < -0.4 is 14.9 Å². The number of alkyl halides is 4. The van der Waals surface area contributed by atoms with Crippen molar-refractivity contribution in [3.63, 3.8) is 0 Å². The smallest absolute Gasteiger partial charge is 0.331 e. The van der Waals surface area contributed by atoms with Gasteiger partial charge < -0.3 is 4.90 Å². The van der Waals surface area contributed by atoms with Crippen molar-refractivity contribution in [2.24, 2.45) is 5.14 Å². The van der Waals surface area contributed by atoms with Crippen LogP contribution in [0, 0.1) is 0 Å². The van der Waals surface area contributed by atoms with Gasteiger partial charge in [-0.3, -0.25) is 4.90 Å². The van der Waals surface area contributed by atoms with E-state index in [1.54, 1.807) is 30.3 Å². The first kappa shape index (κ1) is 19.8. The van der Waals surface area contributed by atoms with Crippen molar-refractivity contribution in [2.75, 3.05) is 16.5 Å². The highest BCUT2D eigenvalue weighted by atomic mass is 35.5. The minimum absolute atomic E-state index is 0.0215. The van der Waals surface area contributed by atoms with Gasteiger partial charge >= 0.3 is 6.30 Å². The van der Waals surface area contributed by atoms with E-state index in [2.05, 4.69) is 0 Å². The van der Waals surface area contributed by atoms with Crippen LogP contribution in [-0.2, 0) is 10.0 Å². The van der Waals surface area contributed by atoms with Crippen molar-refractivity contribution >= 4 is 33.0 Å². The van der Waals surface area contributed by atoms with Gasteiger partial charge in [-0.05, 0) is 24.1 Å². The Kier molecular flexibility index (Phi) is 5.04. The van der Waals surface area contributed by atoms with Crippen LogP contribution in [0.2, 0.25) is 0 Å². The fraction of sp³-hybridized carbons (Fsp3) is 0.294. The van der Waals surface area contributed by atoms with Gasteiger partial charge in [-0.25, -0.2) is 13.6 Å². The highest BCUT2D eigenvalue weighted by Gasteiger charge is 2.47. The quantitative estimate of drug-likeness (QED) is 0.599. The van der Waals surface area contributed by atoms with Crippen molar-refractivity contribution in [1.29, 1.82) is 0 Å². The van der Waals surface area contributed by atoms with Crippen molar-refractivity contribution < 1.29 is 21.6 Å². The first-order valence-corrected chi connectivity index (χ1v) is 10.0. The number of halogens is 4. The third-order valence-corrected chi connectivity index (χ3v) is 6.23. The summed E-state index contributed by atoms with van der Waals surface area (Å²) in [4.78, 5) is 1.57. The molecule has 0 amide bonds. The van der Waals surface area contributed by atoms with Crippen LogP contribution in [0.3, 0.4) is 0 Å². The normalized spacial score (nSPS) is 17.0. The maximum atomic E-state index is 13.7. The van der Waals surface area contributed by atoms with Crippen LogP contribution in [0.1, 0.15) is 28.8 Å². The predicted octanol–water partition coefficient (Wildman–Crippen LogP) is 4.08. The Balaban J connectivity index is 2.15. The summed E-state index contributed by atoms with van der Waals surface area (Å²) >= 11 is 6.47. The molecule has 2 aromatic carbocycles. The zero-order chi connectivity index (χ0) is 20.0. The summed E-state index contributed by atoms with van der Waals surface area (Å²) in [6, 6.07) is 13.0. The van der Waals surface area contributed by atoms with Crippen LogP contribution >= 0.6 is 11.6 Å². The molecule has 146 valence electrons. The third kappa shape index (κ3) is 3.71. The molecule has 0 fully saturated rings. The average Bonchev–Trinajstić information content (AvgIpc) is 3.00. The Morgan fingerprint density at radius 1 is 1.11 bits per heavy atom. The van der Waals surface area contributed by atoms with Crippen LogP contribution in [0.25, 0.3) is 0 Å². The number of anilines is 2. The van der Waals surface area contributed by atoms with Gasteiger partial charge in [0.05, 0.1) is 16.6 Å². The zero-order valence-corrected chi connectivity index (χ0v) is 15.8. The summed E-state index contributed by atoms with van der Waals surface area (Å²) in [5.74, 6) is 0. The minimum Gasteiger partial charge on any atom is -0.331 e. The molecule has 0 saturated carbocycles. The van der Waals surface area contributed by atoms with Crippen molar-refractivity contribution in [3.05, 3.63) is 59.7 Å². The number of benzene rings is 2. The average molecular weight is 420 g/mol. The number of sulfonamides is 1. The molecule has 0 bridgehead atoms. The van der Waals surface area contributed by atoms with E-state index in [0.29, 0.717) is 5.56 Å². The second kappa shape index (κ2) is 6.88. The second-order valence-corrected chi connectivity index (χ2v) is 8.50. The number of nitrogens with two attached hydrogens (primary N) is 1. The molecule has 10 heteroatoms. The van der Waals surface area contributed by atoms with Gasteiger partial charge in [-0.2, -0.15) is 13.2 Å². The van der Waals surface area contributed by atoms with Crippen molar-refractivity contribution in [3.8, 4) is 0 Å². The highest BCUT2D eigenvalue weighted by molar-refractivity contribution is 7.89. The molecule has 0 aromatic heterocycles. The number of hydrogen-bond acceptors (Lipinski definition) is 4. The molecule has 2 atom stereocenters. The molecule has 0 saturated heterocycles. The van der Waals surface area contributed by atoms with Gasteiger partial charge in [0, 0.05) is 0 Å². The predicted molar refractivity (Wildman–Crippen MR) is 98.9 cm³/mol. The Morgan fingerprint density at radius 2 is 1.74 bits per heavy atom. The second-order valence-electron chi connectivity index (χ2n) is 6.20. The summed E-state index contributed by atoms with van der Waals surface area (Å²) in [7, 11) is -4.08. The zero-order valence-electron chi connectivity index (χ0n) is 14.2. The molecule has 2 N–H and O–H groups in total. The lowest BCUT2D eigenvalue weighted by atomic mass is 10.1. The molecular formula is C17H17ClF3N3O2S. The van der Waals surface area contributed by atoms with Gasteiger partial charge in [0.25, 0.3) is 0 Å². The van der Waals surface area contributed by atoms with Gasteiger partial charge in [0.2, 0.25) is 10.0 Å². The summed E-state index contributed by atoms with van der Waals surface area (Å²) in [5.41, 5.74) is -0.305. The molecule has 0 aliphatic carbocycles. The number of rotatable bonds is 4. The monoisotopic (exact) mass is 419 g/mol. The first-order valence-electron chi connectivity index (χ1n) is 7.96. The van der Waals surface area contributed by atoms with Gasteiger partial charge in [0.15, 0.2) is 0 Å². The molecule has 2 aromatic rings. The molecular weight excluding hydrogens is 403 g/mol. The lowest BCUT2D eigenvalue weighted by molar-refractivity contribution is -0.128. The summed E-state index contributed by atoms with van der Waals surface area (Å²) in [6.07, 6.45) is -4.72. The van der Waals surface area contributed by atoms with Crippen LogP contribution in [-0.4, -0.2) is 21.4 Å². The summed E-state index contributed by atoms with van der Waals surface area (Å²) < 4.78 is 64.6. The highest BCUT2D eigenvalue weighted by Crippen LogP contribution is 2.49. The lowest BCUT2D eigenvalue weighted by Gasteiger charge is -2.27. The van der Waals surface area contributed by atoms with E-state index in [1.807, 2.05) is 0 Å². The van der Waals surface area contributed by atoms with Gasteiger partial charge in [-0.15, -0.1) is 0 Å². The minimum atomic E-state index is -4.72.